The van der Waals surface area contributed by atoms with Crippen LogP contribution in [0.2, 0.25) is 0 Å². The number of hydrogen-bond donors (Lipinski definition) is 1. The van der Waals surface area contributed by atoms with Crippen molar-refractivity contribution in [2.75, 3.05) is 18.0 Å². The standard InChI is InChI=1S/C25H31NO2/c1-16-11-21-22(25(4,5)10-9-24(21,2)3)13-20(16)17-7-6-8-19(12-17)26-14-18(15-26)23(27)28/h6-8,11-13,18H,9-10,14-15H2,1-5H3,(H,27,28). The van der Waals surface area contributed by atoms with Crippen LogP contribution >= 0.6 is 0 Å². The SMILES string of the molecule is Cc1cc2c(cc1-c1cccc(N3CC(C(=O)O)C3)c1)C(C)(C)CCC2(C)C. The first-order valence-electron chi connectivity index (χ1n) is 10.3. The molecule has 148 valence electrons. The summed E-state index contributed by atoms with van der Waals surface area (Å²) in [6, 6.07) is 13.4. The van der Waals surface area contributed by atoms with Crippen molar-refractivity contribution < 1.29 is 9.90 Å². The molecule has 2 aromatic carbocycles. The Morgan fingerprint density at radius 2 is 1.61 bits per heavy atom. The van der Waals surface area contributed by atoms with Gasteiger partial charge in [0.05, 0.1) is 5.92 Å². The molecule has 0 bridgehead atoms. The molecule has 2 aromatic rings. The van der Waals surface area contributed by atoms with Crippen LogP contribution in [0.4, 0.5) is 5.69 Å². The van der Waals surface area contributed by atoms with Gasteiger partial charge in [-0.15, -0.1) is 0 Å². The topological polar surface area (TPSA) is 40.5 Å². The highest BCUT2D eigenvalue weighted by Crippen LogP contribution is 2.47. The molecule has 0 atom stereocenters. The van der Waals surface area contributed by atoms with E-state index in [1.54, 1.807) is 0 Å². The third-order valence-corrected chi connectivity index (χ3v) is 6.95. The van der Waals surface area contributed by atoms with E-state index < -0.39 is 5.97 Å². The number of nitrogens with zero attached hydrogens (tertiary/aromatic N) is 1. The van der Waals surface area contributed by atoms with Gasteiger partial charge in [-0.1, -0.05) is 52.0 Å². The second-order valence-corrected chi connectivity index (χ2v) is 9.97. The van der Waals surface area contributed by atoms with E-state index in [-0.39, 0.29) is 16.7 Å². The molecular formula is C25H31NO2. The quantitative estimate of drug-likeness (QED) is 0.764. The predicted molar refractivity (Wildman–Crippen MR) is 115 cm³/mol. The number of fused-ring (bicyclic) bond motifs is 1. The average molecular weight is 378 g/mol. The Labute approximate surface area is 168 Å². The molecule has 3 heteroatoms. The van der Waals surface area contributed by atoms with E-state index in [2.05, 4.69) is 75.9 Å². The van der Waals surface area contributed by atoms with Gasteiger partial charge in [0, 0.05) is 18.8 Å². The van der Waals surface area contributed by atoms with Gasteiger partial charge < -0.3 is 10.0 Å². The molecular weight excluding hydrogens is 346 g/mol. The number of carbonyl (C=O) groups is 1. The highest BCUT2D eigenvalue weighted by molar-refractivity contribution is 5.77. The van der Waals surface area contributed by atoms with Crippen LogP contribution < -0.4 is 4.90 Å². The van der Waals surface area contributed by atoms with E-state index in [9.17, 15) is 4.79 Å². The molecule has 1 N–H and O–H groups in total. The molecule has 0 saturated carbocycles. The monoisotopic (exact) mass is 377 g/mol. The molecule has 4 rings (SSSR count). The van der Waals surface area contributed by atoms with Crippen LogP contribution in [0.15, 0.2) is 36.4 Å². The highest BCUT2D eigenvalue weighted by atomic mass is 16.4. The number of aryl methyl sites for hydroxylation is 1. The lowest BCUT2D eigenvalue weighted by atomic mass is 9.62. The van der Waals surface area contributed by atoms with Gasteiger partial charge in [0.15, 0.2) is 0 Å². The molecule has 0 spiro atoms. The molecule has 1 heterocycles. The van der Waals surface area contributed by atoms with Crippen molar-refractivity contribution >= 4 is 11.7 Å². The fraction of sp³-hybridized carbons (Fsp3) is 0.480. The summed E-state index contributed by atoms with van der Waals surface area (Å²) in [6.07, 6.45) is 2.43. The fourth-order valence-corrected chi connectivity index (χ4v) is 4.75. The first-order chi connectivity index (χ1) is 13.1. The number of hydrogen-bond acceptors (Lipinski definition) is 2. The molecule has 1 saturated heterocycles. The van der Waals surface area contributed by atoms with Crippen molar-refractivity contribution in [2.45, 2.75) is 58.3 Å². The van der Waals surface area contributed by atoms with Crippen LogP contribution in [-0.4, -0.2) is 24.2 Å². The Morgan fingerprint density at radius 1 is 1.00 bits per heavy atom. The number of anilines is 1. The average Bonchev–Trinajstić information content (AvgIpc) is 2.57. The third kappa shape index (κ3) is 3.11. The molecule has 1 fully saturated rings. The number of benzene rings is 2. The van der Waals surface area contributed by atoms with E-state index in [0.29, 0.717) is 13.1 Å². The van der Waals surface area contributed by atoms with Crippen molar-refractivity contribution in [2.24, 2.45) is 5.92 Å². The second-order valence-electron chi connectivity index (χ2n) is 9.97. The largest absolute Gasteiger partial charge is 0.481 e. The summed E-state index contributed by atoms with van der Waals surface area (Å²) in [7, 11) is 0. The second kappa shape index (κ2) is 6.37. The van der Waals surface area contributed by atoms with E-state index in [4.69, 9.17) is 5.11 Å². The molecule has 0 aromatic heterocycles. The molecule has 3 nitrogen and oxygen atoms in total. The van der Waals surface area contributed by atoms with Crippen LogP contribution in [0.25, 0.3) is 11.1 Å². The van der Waals surface area contributed by atoms with Gasteiger partial charge in [-0.2, -0.15) is 0 Å². The number of carboxylic acids is 1. The first kappa shape index (κ1) is 19.0. The van der Waals surface area contributed by atoms with Gasteiger partial charge in [-0.05, 0) is 70.5 Å². The van der Waals surface area contributed by atoms with Crippen molar-refractivity contribution in [3.05, 3.63) is 53.1 Å². The number of aliphatic carboxylic acids is 1. The van der Waals surface area contributed by atoms with Crippen LogP contribution in [0.3, 0.4) is 0 Å². The summed E-state index contributed by atoms with van der Waals surface area (Å²) < 4.78 is 0. The lowest BCUT2D eigenvalue weighted by Gasteiger charge is -2.42. The summed E-state index contributed by atoms with van der Waals surface area (Å²) in [5.74, 6) is -0.931. The van der Waals surface area contributed by atoms with Crippen molar-refractivity contribution in [3.63, 3.8) is 0 Å². The van der Waals surface area contributed by atoms with Crippen LogP contribution in [0, 0.1) is 12.8 Å². The maximum Gasteiger partial charge on any atom is 0.310 e. The number of carboxylic acid groups (broad SMARTS) is 1. The highest BCUT2D eigenvalue weighted by Gasteiger charge is 2.37. The van der Waals surface area contributed by atoms with E-state index >= 15 is 0 Å². The molecule has 28 heavy (non-hydrogen) atoms. The maximum atomic E-state index is 11.1. The lowest BCUT2D eigenvalue weighted by Crippen LogP contribution is -2.50. The smallest absolute Gasteiger partial charge is 0.310 e. The van der Waals surface area contributed by atoms with Crippen LogP contribution in [0.5, 0.6) is 0 Å². The van der Waals surface area contributed by atoms with Gasteiger partial charge in [0.25, 0.3) is 0 Å². The van der Waals surface area contributed by atoms with Gasteiger partial charge in [-0.25, -0.2) is 0 Å². The summed E-state index contributed by atoms with van der Waals surface area (Å²) in [5, 5.41) is 9.14. The van der Waals surface area contributed by atoms with Crippen molar-refractivity contribution in [3.8, 4) is 11.1 Å². The zero-order valence-corrected chi connectivity index (χ0v) is 17.7. The fourth-order valence-electron chi connectivity index (χ4n) is 4.75. The minimum absolute atomic E-state index is 0.192. The predicted octanol–water partition coefficient (Wildman–Crippen LogP) is 5.53. The zero-order valence-electron chi connectivity index (χ0n) is 17.7. The molecule has 1 aliphatic heterocycles. The lowest BCUT2D eigenvalue weighted by molar-refractivity contribution is -0.142. The minimum Gasteiger partial charge on any atom is -0.481 e. The normalized spacial score (nSPS) is 20.4. The Kier molecular flexibility index (Phi) is 4.33. The summed E-state index contributed by atoms with van der Waals surface area (Å²) in [6.45, 7) is 12.9. The molecule has 0 unspecified atom stereocenters. The van der Waals surface area contributed by atoms with Gasteiger partial charge in [0.1, 0.15) is 0 Å². The third-order valence-electron chi connectivity index (χ3n) is 6.95. The van der Waals surface area contributed by atoms with E-state index in [1.807, 2.05) is 0 Å². The number of rotatable bonds is 3. The Morgan fingerprint density at radius 3 is 2.21 bits per heavy atom. The van der Waals surface area contributed by atoms with Gasteiger partial charge in [0.2, 0.25) is 0 Å². The van der Waals surface area contributed by atoms with Gasteiger partial charge >= 0.3 is 5.97 Å². The maximum absolute atomic E-state index is 11.1. The Balaban J connectivity index is 1.73. The Bertz CT molecular complexity index is 936. The molecule has 1 aliphatic carbocycles. The van der Waals surface area contributed by atoms with E-state index in [0.717, 1.165) is 5.69 Å². The molecule has 2 aliphatic rings. The first-order valence-corrected chi connectivity index (χ1v) is 10.3. The summed E-state index contributed by atoms with van der Waals surface area (Å²) >= 11 is 0. The summed E-state index contributed by atoms with van der Waals surface area (Å²) in [4.78, 5) is 13.3. The van der Waals surface area contributed by atoms with E-state index in [1.165, 1.54) is 40.7 Å². The molecule has 0 radical (unpaired) electrons. The van der Waals surface area contributed by atoms with Crippen molar-refractivity contribution in [1.82, 2.24) is 0 Å². The minimum atomic E-state index is -0.692. The zero-order chi connectivity index (χ0) is 20.3. The molecule has 0 amide bonds. The van der Waals surface area contributed by atoms with Gasteiger partial charge in [-0.3, -0.25) is 4.79 Å². The van der Waals surface area contributed by atoms with Crippen LogP contribution in [-0.2, 0) is 15.6 Å². The van der Waals surface area contributed by atoms with Crippen LogP contribution in [0.1, 0.15) is 57.2 Å². The van der Waals surface area contributed by atoms with Crippen molar-refractivity contribution in [1.29, 1.82) is 0 Å². The Hall–Kier alpha value is -2.29. The summed E-state index contributed by atoms with van der Waals surface area (Å²) in [5.41, 5.74) is 8.33.